The lowest BCUT2D eigenvalue weighted by molar-refractivity contribution is 0.0384. The zero-order chi connectivity index (χ0) is 19.3. The molecule has 0 aliphatic rings. The smallest absolute Gasteiger partial charge is 0.329 e. The number of hydrogen-bond acceptors (Lipinski definition) is 2. The summed E-state index contributed by atoms with van der Waals surface area (Å²) in [6.45, 7) is 0. The summed E-state index contributed by atoms with van der Waals surface area (Å²) in [7, 11) is 1.54. The van der Waals surface area contributed by atoms with Crippen molar-refractivity contribution < 1.29 is 18.3 Å². The van der Waals surface area contributed by atoms with Gasteiger partial charge in [0, 0.05) is 11.6 Å². The molecule has 0 aliphatic carbocycles. The quantitative estimate of drug-likeness (QED) is 0.529. The summed E-state index contributed by atoms with van der Waals surface area (Å²) in [5.41, 5.74) is 1.43. The number of benzene rings is 3. The average Bonchev–Trinajstić information content (AvgIpc) is 2.73. The molecule has 0 N–H and O–H groups in total. The first-order valence-corrected chi connectivity index (χ1v) is 8.41. The summed E-state index contributed by atoms with van der Waals surface area (Å²) in [5, 5.41) is 0. The van der Waals surface area contributed by atoms with Crippen molar-refractivity contribution in [1.82, 2.24) is 0 Å². The van der Waals surface area contributed by atoms with E-state index in [-0.39, 0.29) is 11.1 Å². The molecular weight excluding hydrogens is 346 g/mol. The first-order valence-electron chi connectivity index (χ1n) is 8.41. The van der Waals surface area contributed by atoms with Crippen LogP contribution in [-0.2, 0) is 0 Å². The fourth-order valence-corrected chi connectivity index (χ4v) is 2.75. The molecule has 27 heavy (non-hydrogen) atoms. The van der Waals surface area contributed by atoms with Crippen LogP contribution in [0.2, 0.25) is 0 Å². The Balaban J connectivity index is 2.07. The van der Waals surface area contributed by atoms with E-state index in [4.69, 9.17) is 4.74 Å². The molecule has 3 rings (SSSR count). The van der Waals surface area contributed by atoms with E-state index in [2.05, 4.69) is 0 Å². The number of ketones is 1. The highest BCUT2D eigenvalue weighted by Crippen LogP contribution is 2.31. The third-order valence-electron chi connectivity index (χ3n) is 4.15. The summed E-state index contributed by atoms with van der Waals surface area (Å²) < 4.78 is 34.8. The van der Waals surface area contributed by atoms with Crippen molar-refractivity contribution in [3.8, 4) is 5.75 Å². The van der Waals surface area contributed by atoms with E-state index in [1.165, 1.54) is 19.2 Å². The summed E-state index contributed by atoms with van der Waals surface area (Å²) in [4.78, 5) is 12.4. The Morgan fingerprint density at radius 2 is 1.26 bits per heavy atom. The van der Waals surface area contributed by atoms with Gasteiger partial charge in [-0.2, -0.15) is 8.78 Å². The van der Waals surface area contributed by atoms with Gasteiger partial charge >= 0.3 is 5.92 Å². The molecule has 0 unspecified atom stereocenters. The molecule has 0 saturated carbocycles. The van der Waals surface area contributed by atoms with E-state index in [0.29, 0.717) is 16.9 Å². The summed E-state index contributed by atoms with van der Waals surface area (Å²) >= 11 is 0. The number of alkyl halides is 2. The predicted molar refractivity (Wildman–Crippen MR) is 102 cm³/mol. The van der Waals surface area contributed by atoms with Crippen LogP contribution < -0.4 is 4.74 Å². The van der Waals surface area contributed by atoms with Gasteiger partial charge in [0.15, 0.2) is 0 Å². The van der Waals surface area contributed by atoms with Gasteiger partial charge in [0.2, 0.25) is 5.78 Å². The fraction of sp³-hybridized carbons (Fsp3) is 0.0870. The first kappa shape index (κ1) is 18.5. The minimum absolute atomic E-state index is 0.0270. The molecule has 0 atom stereocenters. The van der Waals surface area contributed by atoms with Gasteiger partial charge < -0.3 is 4.74 Å². The van der Waals surface area contributed by atoms with E-state index in [1.54, 1.807) is 66.7 Å². The first-order chi connectivity index (χ1) is 13.0. The third-order valence-corrected chi connectivity index (χ3v) is 4.15. The molecule has 3 aromatic carbocycles. The largest absolute Gasteiger partial charge is 0.497 e. The van der Waals surface area contributed by atoms with Gasteiger partial charge in [-0.3, -0.25) is 4.79 Å². The second-order valence-electron chi connectivity index (χ2n) is 5.97. The highest BCUT2D eigenvalue weighted by atomic mass is 19.3. The van der Waals surface area contributed by atoms with Gasteiger partial charge in [-0.25, -0.2) is 0 Å². The van der Waals surface area contributed by atoms with E-state index < -0.39 is 11.7 Å². The van der Waals surface area contributed by atoms with Crippen LogP contribution >= 0.6 is 0 Å². The maximum Gasteiger partial charge on any atom is 0.329 e. The molecule has 0 fully saturated rings. The number of carbonyl (C=O) groups is 1. The summed E-state index contributed by atoms with van der Waals surface area (Å²) in [5.74, 6) is -4.25. The zero-order valence-electron chi connectivity index (χ0n) is 14.7. The molecule has 2 nitrogen and oxygen atoms in total. The normalized spacial score (nSPS) is 11.9. The van der Waals surface area contributed by atoms with Crippen LogP contribution in [0.1, 0.15) is 21.5 Å². The van der Waals surface area contributed by atoms with E-state index in [0.717, 1.165) is 6.08 Å². The Hall–Kier alpha value is -3.27. The third kappa shape index (κ3) is 4.29. The van der Waals surface area contributed by atoms with Crippen molar-refractivity contribution >= 4 is 11.4 Å². The number of ether oxygens (including phenoxy) is 1. The molecule has 0 heterocycles. The monoisotopic (exact) mass is 364 g/mol. The summed E-state index contributed by atoms with van der Waals surface area (Å²) in [6.07, 6.45) is 0.736. The van der Waals surface area contributed by atoms with Gasteiger partial charge in [-0.05, 0) is 28.8 Å². The SMILES string of the molecule is COc1ccc(/C(=C\C(F)(F)C(=O)c2ccccc2)c2ccccc2)cc1. The minimum Gasteiger partial charge on any atom is -0.497 e. The molecular formula is C23H18F2O2. The maximum atomic E-state index is 14.8. The van der Waals surface area contributed by atoms with Crippen LogP contribution in [0, 0.1) is 0 Å². The second-order valence-corrected chi connectivity index (χ2v) is 5.97. The molecule has 0 bridgehead atoms. The molecule has 0 radical (unpaired) electrons. The molecule has 4 heteroatoms. The van der Waals surface area contributed by atoms with Gasteiger partial charge in [0.25, 0.3) is 0 Å². The Kier molecular flexibility index (Phi) is 5.46. The number of Topliss-reactive ketones (excluding diaryl/α,β-unsaturated/α-hetero) is 1. The molecule has 3 aromatic rings. The molecule has 0 saturated heterocycles. The van der Waals surface area contributed by atoms with Crippen LogP contribution in [0.3, 0.4) is 0 Å². The lowest BCUT2D eigenvalue weighted by atomic mass is 9.94. The Morgan fingerprint density at radius 3 is 1.78 bits per heavy atom. The van der Waals surface area contributed by atoms with Crippen LogP contribution in [0.4, 0.5) is 8.78 Å². The molecule has 0 amide bonds. The van der Waals surface area contributed by atoms with Gasteiger partial charge in [-0.1, -0.05) is 72.8 Å². The molecule has 136 valence electrons. The number of halogens is 2. The topological polar surface area (TPSA) is 26.3 Å². The Bertz CT molecular complexity index is 931. The van der Waals surface area contributed by atoms with E-state index in [1.807, 2.05) is 6.07 Å². The van der Waals surface area contributed by atoms with Crippen molar-refractivity contribution in [1.29, 1.82) is 0 Å². The van der Waals surface area contributed by atoms with E-state index in [9.17, 15) is 13.6 Å². The van der Waals surface area contributed by atoms with Crippen molar-refractivity contribution in [2.75, 3.05) is 7.11 Å². The van der Waals surface area contributed by atoms with E-state index >= 15 is 0 Å². The fourth-order valence-electron chi connectivity index (χ4n) is 2.75. The van der Waals surface area contributed by atoms with Gasteiger partial charge in [0.05, 0.1) is 7.11 Å². The number of allylic oxidation sites excluding steroid dienone is 1. The highest BCUT2D eigenvalue weighted by molar-refractivity contribution is 6.04. The van der Waals surface area contributed by atoms with Crippen molar-refractivity contribution in [3.05, 3.63) is 108 Å². The van der Waals surface area contributed by atoms with Crippen LogP contribution in [0.15, 0.2) is 91.0 Å². The van der Waals surface area contributed by atoms with Crippen molar-refractivity contribution in [2.45, 2.75) is 5.92 Å². The van der Waals surface area contributed by atoms with Gasteiger partial charge in [0.1, 0.15) is 5.75 Å². The molecule has 0 spiro atoms. The predicted octanol–water partition coefficient (Wildman–Crippen LogP) is 5.65. The standard InChI is InChI=1S/C23H18F2O2/c1-27-20-14-12-18(13-15-20)21(17-8-4-2-5-9-17)16-23(24,25)22(26)19-10-6-3-7-11-19/h2-16H,1H3/b21-16-. The average molecular weight is 364 g/mol. The summed E-state index contributed by atoms with van der Waals surface area (Å²) in [6, 6.07) is 23.2. The van der Waals surface area contributed by atoms with Crippen LogP contribution in [0.25, 0.3) is 5.57 Å². The Labute approximate surface area is 156 Å². The number of rotatable bonds is 6. The number of methoxy groups -OCH3 is 1. The molecule has 0 aromatic heterocycles. The lowest BCUT2D eigenvalue weighted by Gasteiger charge is -2.15. The van der Waals surface area contributed by atoms with Crippen molar-refractivity contribution in [3.63, 3.8) is 0 Å². The van der Waals surface area contributed by atoms with Crippen LogP contribution in [0.5, 0.6) is 5.75 Å². The second kappa shape index (κ2) is 7.96. The van der Waals surface area contributed by atoms with Gasteiger partial charge in [-0.15, -0.1) is 0 Å². The molecule has 0 aliphatic heterocycles. The number of carbonyl (C=O) groups excluding carboxylic acids is 1. The van der Waals surface area contributed by atoms with Crippen molar-refractivity contribution in [2.24, 2.45) is 0 Å². The lowest BCUT2D eigenvalue weighted by Crippen LogP contribution is -2.26. The maximum absolute atomic E-state index is 14.8. The van der Waals surface area contributed by atoms with Crippen LogP contribution in [-0.4, -0.2) is 18.8 Å². The minimum atomic E-state index is -3.65. The highest BCUT2D eigenvalue weighted by Gasteiger charge is 2.37. The Morgan fingerprint density at radius 1 is 0.778 bits per heavy atom. The number of hydrogen-bond donors (Lipinski definition) is 0. The zero-order valence-corrected chi connectivity index (χ0v) is 14.7.